The molecular formula is C11H15N. The van der Waals surface area contributed by atoms with E-state index < -0.39 is 0 Å². The van der Waals surface area contributed by atoms with Gasteiger partial charge < -0.3 is 4.90 Å². The number of rotatable bonds is 2. The van der Waals surface area contributed by atoms with Crippen LogP contribution in [-0.4, -0.2) is 14.1 Å². The van der Waals surface area contributed by atoms with Gasteiger partial charge in [0.1, 0.15) is 0 Å². The minimum Gasteiger partial charge on any atom is -0.377 e. The average Bonchev–Trinajstić information content (AvgIpc) is 2.04. The van der Waals surface area contributed by atoms with Crippen LogP contribution in [0, 0.1) is 6.92 Å². The Morgan fingerprint density at radius 2 is 2.00 bits per heavy atom. The molecule has 0 N–H and O–H groups in total. The maximum Gasteiger partial charge on any atom is 0.0396 e. The minimum atomic E-state index is 1.21. The molecule has 0 atom stereocenters. The van der Waals surface area contributed by atoms with Crippen LogP contribution in [0.4, 0.5) is 5.69 Å². The first-order chi connectivity index (χ1) is 5.66. The van der Waals surface area contributed by atoms with Crippen molar-refractivity contribution < 1.29 is 0 Å². The van der Waals surface area contributed by atoms with Crippen molar-refractivity contribution in [2.75, 3.05) is 19.0 Å². The minimum absolute atomic E-state index is 1.21. The number of hydrogen-bond donors (Lipinski definition) is 0. The van der Waals surface area contributed by atoms with Gasteiger partial charge in [0.25, 0.3) is 0 Å². The molecule has 1 heteroatoms. The highest BCUT2D eigenvalue weighted by atomic mass is 15.1. The molecule has 0 unspecified atom stereocenters. The van der Waals surface area contributed by atoms with Gasteiger partial charge in [-0.15, -0.1) is 0 Å². The van der Waals surface area contributed by atoms with Gasteiger partial charge in [0.05, 0.1) is 0 Å². The van der Waals surface area contributed by atoms with Crippen LogP contribution >= 0.6 is 0 Å². The third-order valence-electron chi connectivity index (χ3n) is 2.05. The lowest BCUT2D eigenvalue weighted by Gasteiger charge is -2.16. The third-order valence-corrected chi connectivity index (χ3v) is 2.05. The lowest BCUT2D eigenvalue weighted by atomic mass is 10.1. The van der Waals surface area contributed by atoms with Crippen LogP contribution in [-0.2, 0) is 0 Å². The Morgan fingerprint density at radius 3 is 2.50 bits per heavy atom. The molecule has 64 valence electrons. The normalized spacial score (nSPS) is 9.58. The van der Waals surface area contributed by atoms with Crippen LogP contribution in [0.1, 0.15) is 11.1 Å². The monoisotopic (exact) mass is 161 g/mol. The van der Waals surface area contributed by atoms with Crippen molar-refractivity contribution in [1.29, 1.82) is 0 Å². The molecular weight excluding hydrogens is 146 g/mol. The zero-order valence-corrected chi connectivity index (χ0v) is 7.96. The largest absolute Gasteiger partial charge is 0.377 e. The summed E-state index contributed by atoms with van der Waals surface area (Å²) in [5.74, 6) is 0. The Labute approximate surface area is 74.3 Å². The second-order valence-corrected chi connectivity index (χ2v) is 3.09. The lowest BCUT2D eigenvalue weighted by Crippen LogP contribution is -2.10. The zero-order chi connectivity index (χ0) is 9.14. The van der Waals surface area contributed by atoms with Gasteiger partial charge in [-0.25, -0.2) is 0 Å². The Kier molecular flexibility index (Phi) is 2.54. The number of nitrogens with zero attached hydrogens (tertiary/aromatic N) is 1. The fourth-order valence-electron chi connectivity index (χ4n) is 1.35. The van der Waals surface area contributed by atoms with Gasteiger partial charge in [0, 0.05) is 19.8 Å². The predicted octanol–water partition coefficient (Wildman–Crippen LogP) is 2.70. The molecule has 0 aliphatic heterocycles. The Hall–Kier alpha value is -1.24. The second-order valence-electron chi connectivity index (χ2n) is 3.09. The third kappa shape index (κ3) is 1.50. The van der Waals surface area contributed by atoms with Crippen LogP contribution in [0.3, 0.4) is 0 Å². The standard InChI is InChI=1S/C11H15N/c1-5-10-7-6-8-11(9(10)2)12(3)4/h5-8H,1H2,2-4H3. The van der Waals surface area contributed by atoms with E-state index in [4.69, 9.17) is 0 Å². The van der Waals surface area contributed by atoms with E-state index in [1.165, 1.54) is 16.8 Å². The van der Waals surface area contributed by atoms with E-state index in [2.05, 4.69) is 50.7 Å². The van der Waals surface area contributed by atoms with Crippen molar-refractivity contribution in [3.8, 4) is 0 Å². The van der Waals surface area contributed by atoms with Crippen LogP contribution in [0.15, 0.2) is 24.8 Å². The SMILES string of the molecule is C=Cc1cccc(N(C)C)c1C. The number of hydrogen-bond acceptors (Lipinski definition) is 1. The molecule has 1 rings (SSSR count). The molecule has 0 spiro atoms. The smallest absolute Gasteiger partial charge is 0.0396 e. The Morgan fingerprint density at radius 1 is 1.33 bits per heavy atom. The van der Waals surface area contributed by atoms with Crippen molar-refractivity contribution in [3.05, 3.63) is 35.9 Å². The molecule has 1 aromatic carbocycles. The lowest BCUT2D eigenvalue weighted by molar-refractivity contribution is 1.11. The van der Waals surface area contributed by atoms with Crippen molar-refractivity contribution in [1.82, 2.24) is 0 Å². The molecule has 12 heavy (non-hydrogen) atoms. The highest BCUT2D eigenvalue weighted by Gasteiger charge is 2.01. The van der Waals surface area contributed by atoms with Crippen molar-refractivity contribution in [2.45, 2.75) is 6.92 Å². The molecule has 0 amide bonds. The summed E-state index contributed by atoms with van der Waals surface area (Å²) in [7, 11) is 4.10. The van der Waals surface area contributed by atoms with Gasteiger partial charge in [-0.3, -0.25) is 0 Å². The number of benzene rings is 1. The summed E-state index contributed by atoms with van der Waals surface area (Å²) >= 11 is 0. The summed E-state index contributed by atoms with van der Waals surface area (Å²) in [6.45, 7) is 5.89. The van der Waals surface area contributed by atoms with E-state index in [0.29, 0.717) is 0 Å². The maximum atomic E-state index is 3.77. The van der Waals surface area contributed by atoms with E-state index in [1.807, 2.05) is 6.08 Å². The molecule has 0 saturated heterocycles. The second kappa shape index (κ2) is 3.44. The van der Waals surface area contributed by atoms with Gasteiger partial charge in [-0.1, -0.05) is 24.8 Å². The molecule has 1 nitrogen and oxygen atoms in total. The van der Waals surface area contributed by atoms with Gasteiger partial charge >= 0.3 is 0 Å². The molecule has 0 heterocycles. The van der Waals surface area contributed by atoms with Crippen molar-refractivity contribution in [2.24, 2.45) is 0 Å². The average molecular weight is 161 g/mol. The maximum absolute atomic E-state index is 3.77. The first kappa shape index (κ1) is 8.85. The quantitative estimate of drug-likeness (QED) is 0.644. The predicted molar refractivity (Wildman–Crippen MR) is 55.6 cm³/mol. The highest BCUT2D eigenvalue weighted by Crippen LogP contribution is 2.21. The van der Waals surface area contributed by atoms with E-state index in [9.17, 15) is 0 Å². The van der Waals surface area contributed by atoms with E-state index in [0.717, 1.165) is 0 Å². The Balaban J connectivity index is 3.22. The fourth-order valence-corrected chi connectivity index (χ4v) is 1.35. The van der Waals surface area contributed by atoms with E-state index in [-0.39, 0.29) is 0 Å². The summed E-state index contributed by atoms with van der Waals surface area (Å²) in [6.07, 6.45) is 1.89. The van der Waals surface area contributed by atoms with Crippen molar-refractivity contribution in [3.63, 3.8) is 0 Å². The summed E-state index contributed by atoms with van der Waals surface area (Å²) < 4.78 is 0. The molecule has 0 saturated carbocycles. The topological polar surface area (TPSA) is 3.24 Å². The van der Waals surface area contributed by atoms with Gasteiger partial charge in [0.2, 0.25) is 0 Å². The van der Waals surface area contributed by atoms with Crippen molar-refractivity contribution >= 4 is 11.8 Å². The zero-order valence-electron chi connectivity index (χ0n) is 7.96. The molecule has 1 aromatic rings. The van der Waals surface area contributed by atoms with Crippen LogP contribution < -0.4 is 4.90 Å². The molecule has 0 radical (unpaired) electrons. The highest BCUT2D eigenvalue weighted by molar-refractivity contribution is 5.63. The van der Waals surface area contributed by atoms with E-state index >= 15 is 0 Å². The van der Waals surface area contributed by atoms with Gasteiger partial charge in [-0.05, 0) is 24.1 Å². The summed E-state index contributed by atoms with van der Waals surface area (Å²) in [4.78, 5) is 2.11. The van der Waals surface area contributed by atoms with Crippen LogP contribution in [0.5, 0.6) is 0 Å². The van der Waals surface area contributed by atoms with Gasteiger partial charge in [0.15, 0.2) is 0 Å². The first-order valence-corrected chi connectivity index (χ1v) is 4.06. The van der Waals surface area contributed by atoms with Gasteiger partial charge in [-0.2, -0.15) is 0 Å². The molecule has 0 aliphatic rings. The molecule has 0 aliphatic carbocycles. The fraction of sp³-hybridized carbons (Fsp3) is 0.273. The molecule has 0 bridgehead atoms. The summed E-state index contributed by atoms with van der Waals surface area (Å²) in [6, 6.07) is 6.25. The number of anilines is 1. The summed E-state index contributed by atoms with van der Waals surface area (Å²) in [5.41, 5.74) is 3.76. The molecule has 0 fully saturated rings. The Bertz CT molecular complexity index is 287. The van der Waals surface area contributed by atoms with Crippen LogP contribution in [0.2, 0.25) is 0 Å². The van der Waals surface area contributed by atoms with E-state index in [1.54, 1.807) is 0 Å². The first-order valence-electron chi connectivity index (χ1n) is 4.06. The summed E-state index contributed by atoms with van der Waals surface area (Å²) in [5, 5.41) is 0. The van der Waals surface area contributed by atoms with Crippen LogP contribution in [0.25, 0.3) is 6.08 Å². The molecule has 0 aromatic heterocycles.